The molecule has 0 radical (unpaired) electrons. The van der Waals surface area contributed by atoms with Crippen molar-refractivity contribution in [1.29, 1.82) is 0 Å². The van der Waals surface area contributed by atoms with E-state index in [1.54, 1.807) is 11.3 Å². The average molecular weight is 240 g/mol. The molecule has 3 nitrogen and oxygen atoms in total. The lowest BCUT2D eigenvalue weighted by molar-refractivity contribution is -0.124. The molecular formula is C12H20N2OS. The van der Waals surface area contributed by atoms with E-state index >= 15 is 0 Å². The maximum atomic E-state index is 11.8. The van der Waals surface area contributed by atoms with Gasteiger partial charge in [-0.25, -0.2) is 0 Å². The van der Waals surface area contributed by atoms with E-state index in [1.165, 1.54) is 10.4 Å². The van der Waals surface area contributed by atoms with Crippen molar-refractivity contribution in [2.45, 2.75) is 40.3 Å². The number of aryl methyl sites for hydroxylation is 1. The van der Waals surface area contributed by atoms with Crippen LogP contribution < -0.4 is 11.1 Å². The van der Waals surface area contributed by atoms with E-state index in [0.29, 0.717) is 6.54 Å². The first-order valence-electron chi connectivity index (χ1n) is 5.38. The monoisotopic (exact) mass is 240 g/mol. The Morgan fingerprint density at radius 3 is 2.62 bits per heavy atom. The van der Waals surface area contributed by atoms with E-state index in [0.717, 1.165) is 0 Å². The smallest absolute Gasteiger partial charge is 0.237 e. The van der Waals surface area contributed by atoms with E-state index in [-0.39, 0.29) is 11.3 Å². The standard InChI is InChI=1S/C12H20N2OS/c1-8-5-6-16-9(8)7-14-11(15)10(13)12(2,3)4/h5-6,10H,7,13H2,1-4H3,(H,14,15)/t10-/m1/s1. The first-order chi connectivity index (χ1) is 7.32. The zero-order valence-electron chi connectivity index (χ0n) is 10.3. The first kappa shape index (κ1) is 13.2. The van der Waals surface area contributed by atoms with Crippen LogP contribution in [0.3, 0.4) is 0 Å². The Morgan fingerprint density at radius 1 is 1.56 bits per heavy atom. The number of rotatable bonds is 3. The van der Waals surface area contributed by atoms with Crippen LogP contribution in [-0.4, -0.2) is 11.9 Å². The zero-order chi connectivity index (χ0) is 12.3. The molecule has 0 aromatic carbocycles. The molecule has 4 heteroatoms. The van der Waals surface area contributed by atoms with Gasteiger partial charge < -0.3 is 11.1 Å². The predicted octanol–water partition coefficient (Wildman–Crippen LogP) is 2.05. The number of amides is 1. The van der Waals surface area contributed by atoms with Gasteiger partial charge in [0.15, 0.2) is 0 Å². The summed E-state index contributed by atoms with van der Waals surface area (Å²) in [6.45, 7) is 8.52. The molecule has 0 saturated carbocycles. The van der Waals surface area contributed by atoms with Gasteiger partial charge in [-0.1, -0.05) is 20.8 Å². The number of nitrogens with two attached hydrogens (primary N) is 1. The zero-order valence-corrected chi connectivity index (χ0v) is 11.1. The molecule has 1 aromatic rings. The summed E-state index contributed by atoms with van der Waals surface area (Å²) in [7, 11) is 0. The van der Waals surface area contributed by atoms with Crippen LogP contribution in [0.4, 0.5) is 0 Å². The van der Waals surface area contributed by atoms with Crippen LogP contribution in [-0.2, 0) is 11.3 Å². The van der Waals surface area contributed by atoms with Crippen LogP contribution in [0.2, 0.25) is 0 Å². The molecule has 0 spiro atoms. The van der Waals surface area contributed by atoms with Gasteiger partial charge in [-0.05, 0) is 29.3 Å². The minimum absolute atomic E-state index is 0.0831. The van der Waals surface area contributed by atoms with Crippen molar-refractivity contribution in [3.63, 3.8) is 0 Å². The summed E-state index contributed by atoms with van der Waals surface area (Å²) in [5.74, 6) is -0.0831. The molecule has 90 valence electrons. The molecule has 0 bridgehead atoms. The molecule has 0 fully saturated rings. The van der Waals surface area contributed by atoms with Gasteiger partial charge in [0.2, 0.25) is 5.91 Å². The number of carbonyl (C=O) groups excluding carboxylic acids is 1. The van der Waals surface area contributed by atoms with Gasteiger partial charge in [-0.3, -0.25) is 4.79 Å². The third kappa shape index (κ3) is 3.32. The van der Waals surface area contributed by atoms with Gasteiger partial charge in [0, 0.05) is 4.88 Å². The lowest BCUT2D eigenvalue weighted by atomic mass is 9.87. The highest BCUT2D eigenvalue weighted by Crippen LogP contribution is 2.18. The Hall–Kier alpha value is -0.870. The average Bonchev–Trinajstić information content (AvgIpc) is 2.58. The Kier molecular flexibility index (Phi) is 4.10. The van der Waals surface area contributed by atoms with Gasteiger partial charge in [0.25, 0.3) is 0 Å². The molecule has 0 aliphatic rings. The Balaban J connectivity index is 2.51. The van der Waals surface area contributed by atoms with Crippen LogP contribution in [0.1, 0.15) is 31.2 Å². The number of hydrogen-bond donors (Lipinski definition) is 2. The van der Waals surface area contributed by atoms with Gasteiger partial charge in [0.1, 0.15) is 0 Å². The number of thiophene rings is 1. The third-order valence-corrected chi connectivity index (χ3v) is 3.63. The highest BCUT2D eigenvalue weighted by atomic mass is 32.1. The molecule has 1 aromatic heterocycles. The fraction of sp³-hybridized carbons (Fsp3) is 0.583. The molecule has 0 aliphatic heterocycles. The second-order valence-electron chi connectivity index (χ2n) is 5.09. The molecule has 1 amide bonds. The van der Waals surface area contributed by atoms with E-state index in [9.17, 15) is 4.79 Å². The maximum Gasteiger partial charge on any atom is 0.237 e. The summed E-state index contributed by atoms with van der Waals surface area (Å²) in [5.41, 5.74) is 6.88. The van der Waals surface area contributed by atoms with Crippen LogP contribution in [0.15, 0.2) is 11.4 Å². The fourth-order valence-corrected chi connectivity index (χ4v) is 2.10. The Labute approximate surface area is 101 Å². The second kappa shape index (κ2) is 4.97. The maximum absolute atomic E-state index is 11.8. The lowest BCUT2D eigenvalue weighted by Gasteiger charge is -2.25. The number of hydrogen-bond acceptors (Lipinski definition) is 3. The van der Waals surface area contributed by atoms with E-state index in [4.69, 9.17) is 5.73 Å². The Morgan fingerprint density at radius 2 is 2.19 bits per heavy atom. The molecule has 0 aliphatic carbocycles. The minimum atomic E-state index is -0.465. The van der Waals surface area contributed by atoms with Crippen molar-refractivity contribution in [2.24, 2.45) is 11.1 Å². The molecule has 16 heavy (non-hydrogen) atoms. The van der Waals surface area contributed by atoms with Gasteiger partial charge >= 0.3 is 0 Å². The highest BCUT2D eigenvalue weighted by Gasteiger charge is 2.27. The number of nitrogens with one attached hydrogen (secondary N) is 1. The van der Waals surface area contributed by atoms with Gasteiger partial charge in [0.05, 0.1) is 12.6 Å². The second-order valence-corrected chi connectivity index (χ2v) is 6.09. The SMILES string of the molecule is Cc1ccsc1CNC(=O)[C@@H](N)C(C)(C)C. The molecule has 0 saturated heterocycles. The molecule has 1 heterocycles. The van der Waals surface area contributed by atoms with Crippen molar-refractivity contribution in [1.82, 2.24) is 5.32 Å². The number of carbonyl (C=O) groups is 1. The van der Waals surface area contributed by atoms with E-state index in [2.05, 4.69) is 11.4 Å². The topological polar surface area (TPSA) is 55.1 Å². The summed E-state index contributed by atoms with van der Waals surface area (Å²) in [4.78, 5) is 13.0. The normalized spacial score (nSPS) is 13.6. The third-order valence-electron chi connectivity index (χ3n) is 2.61. The van der Waals surface area contributed by atoms with Crippen molar-refractivity contribution in [3.8, 4) is 0 Å². The molecule has 1 atom stereocenters. The van der Waals surface area contributed by atoms with Gasteiger partial charge in [-0.2, -0.15) is 0 Å². The van der Waals surface area contributed by atoms with Gasteiger partial charge in [-0.15, -0.1) is 11.3 Å². The van der Waals surface area contributed by atoms with Crippen molar-refractivity contribution in [2.75, 3.05) is 0 Å². The lowest BCUT2D eigenvalue weighted by Crippen LogP contribution is -2.48. The van der Waals surface area contributed by atoms with E-state index < -0.39 is 6.04 Å². The van der Waals surface area contributed by atoms with E-state index in [1.807, 2.05) is 33.1 Å². The summed E-state index contributed by atoms with van der Waals surface area (Å²) < 4.78 is 0. The summed E-state index contributed by atoms with van der Waals surface area (Å²) in [6, 6.07) is 1.59. The first-order valence-corrected chi connectivity index (χ1v) is 6.26. The van der Waals surface area contributed by atoms with Crippen LogP contribution >= 0.6 is 11.3 Å². The predicted molar refractivity (Wildman–Crippen MR) is 68.3 cm³/mol. The minimum Gasteiger partial charge on any atom is -0.350 e. The Bertz CT molecular complexity index is 365. The summed E-state index contributed by atoms with van der Waals surface area (Å²) in [5, 5.41) is 4.91. The fourth-order valence-electron chi connectivity index (χ4n) is 1.26. The van der Waals surface area contributed by atoms with Crippen molar-refractivity contribution < 1.29 is 4.79 Å². The van der Waals surface area contributed by atoms with Crippen molar-refractivity contribution >= 4 is 17.2 Å². The summed E-state index contributed by atoms with van der Waals surface area (Å²) in [6.07, 6.45) is 0. The molecule has 3 N–H and O–H groups in total. The van der Waals surface area contributed by atoms with Crippen molar-refractivity contribution in [3.05, 3.63) is 21.9 Å². The molecule has 0 unspecified atom stereocenters. The van der Waals surface area contributed by atoms with Crippen LogP contribution in [0, 0.1) is 12.3 Å². The quantitative estimate of drug-likeness (QED) is 0.849. The summed E-state index contributed by atoms with van der Waals surface area (Å²) >= 11 is 1.66. The van der Waals surface area contributed by atoms with Crippen LogP contribution in [0.25, 0.3) is 0 Å². The molecular weight excluding hydrogens is 220 g/mol. The molecule has 1 rings (SSSR count). The largest absolute Gasteiger partial charge is 0.350 e. The highest BCUT2D eigenvalue weighted by molar-refractivity contribution is 7.10. The van der Waals surface area contributed by atoms with Crippen LogP contribution in [0.5, 0.6) is 0 Å².